The molecule has 2 nitrogen and oxygen atoms in total. The van der Waals surface area contributed by atoms with E-state index in [-0.39, 0.29) is 11.9 Å². The lowest BCUT2D eigenvalue weighted by Crippen LogP contribution is -2.23. The monoisotopic (exact) mass is 303 g/mol. The molecule has 1 rings (SSSR count). The minimum Gasteiger partial charge on any atom is -0.382 e. The summed E-state index contributed by atoms with van der Waals surface area (Å²) in [5.41, 5.74) is 6.64. The zero-order chi connectivity index (χ0) is 12.7. The Balaban J connectivity index is 2.39. The van der Waals surface area contributed by atoms with Gasteiger partial charge in [0.05, 0.1) is 0 Å². The summed E-state index contributed by atoms with van der Waals surface area (Å²) in [6, 6.07) is 4.93. The van der Waals surface area contributed by atoms with E-state index in [1.807, 2.05) is 6.92 Å². The first-order valence-corrected chi connectivity index (χ1v) is 6.70. The fourth-order valence-electron chi connectivity index (χ4n) is 1.68. The maximum absolute atomic E-state index is 13.5. The number of benzene rings is 1. The first-order valence-electron chi connectivity index (χ1n) is 5.90. The molecule has 0 bridgehead atoms. The van der Waals surface area contributed by atoms with E-state index in [0.717, 1.165) is 30.5 Å². The van der Waals surface area contributed by atoms with Gasteiger partial charge in [-0.05, 0) is 49.9 Å². The van der Waals surface area contributed by atoms with Crippen molar-refractivity contribution in [1.82, 2.24) is 0 Å². The Morgan fingerprint density at radius 3 is 2.94 bits per heavy atom. The van der Waals surface area contributed by atoms with Crippen LogP contribution < -0.4 is 5.73 Å². The van der Waals surface area contributed by atoms with E-state index in [2.05, 4.69) is 15.9 Å². The normalized spacial score (nSPS) is 12.7. The number of hydrogen-bond acceptors (Lipinski definition) is 2. The predicted octanol–water partition coefficient (Wildman–Crippen LogP) is 3.27. The third-order valence-electron chi connectivity index (χ3n) is 2.56. The number of rotatable bonds is 7. The van der Waals surface area contributed by atoms with Gasteiger partial charge in [-0.25, -0.2) is 4.39 Å². The van der Waals surface area contributed by atoms with Crippen LogP contribution in [0.4, 0.5) is 4.39 Å². The number of ether oxygens (including phenoxy) is 1. The summed E-state index contributed by atoms with van der Waals surface area (Å²) in [6.45, 7) is 3.43. The smallest absolute Gasteiger partial charge is 0.126 e. The largest absolute Gasteiger partial charge is 0.382 e. The Labute approximate surface area is 110 Å². The molecular formula is C13H19BrFNO. The molecule has 0 aliphatic rings. The molecule has 0 saturated heterocycles. The van der Waals surface area contributed by atoms with E-state index >= 15 is 0 Å². The van der Waals surface area contributed by atoms with Crippen molar-refractivity contribution >= 4 is 15.9 Å². The summed E-state index contributed by atoms with van der Waals surface area (Å²) in [4.78, 5) is 0. The molecule has 96 valence electrons. The second-order valence-electron chi connectivity index (χ2n) is 4.04. The summed E-state index contributed by atoms with van der Waals surface area (Å²) in [5, 5.41) is 0. The first kappa shape index (κ1) is 14.6. The molecule has 0 saturated carbocycles. The van der Waals surface area contributed by atoms with Crippen molar-refractivity contribution in [3.8, 4) is 0 Å². The van der Waals surface area contributed by atoms with Crippen LogP contribution in [0.2, 0.25) is 0 Å². The lowest BCUT2D eigenvalue weighted by molar-refractivity contribution is 0.142. The Bertz CT molecular complexity index is 346. The molecule has 2 N–H and O–H groups in total. The van der Waals surface area contributed by atoms with Gasteiger partial charge in [0.2, 0.25) is 0 Å². The standard InChI is InChI=1S/C13H19BrFNO/c1-2-17-7-3-4-12(16)9-10-8-11(14)5-6-13(10)15/h5-6,8,12H,2-4,7,9,16H2,1H3. The van der Waals surface area contributed by atoms with Crippen LogP contribution in [0.5, 0.6) is 0 Å². The molecule has 4 heteroatoms. The van der Waals surface area contributed by atoms with Gasteiger partial charge in [0, 0.05) is 23.7 Å². The molecule has 0 fully saturated rings. The van der Waals surface area contributed by atoms with Gasteiger partial charge < -0.3 is 10.5 Å². The highest BCUT2D eigenvalue weighted by atomic mass is 79.9. The van der Waals surface area contributed by atoms with Crippen LogP contribution in [0.1, 0.15) is 25.3 Å². The van der Waals surface area contributed by atoms with E-state index in [0.29, 0.717) is 12.0 Å². The van der Waals surface area contributed by atoms with Crippen molar-refractivity contribution in [3.63, 3.8) is 0 Å². The SMILES string of the molecule is CCOCCCC(N)Cc1cc(Br)ccc1F. The highest BCUT2D eigenvalue weighted by Crippen LogP contribution is 2.17. The van der Waals surface area contributed by atoms with Gasteiger partial charge in [-0.3, -0.25) is 0 Å². The maximum Gasteiger partial charge on any atom is 0.126 e. The molecule has 17 heavy (non-hydrogen) atoms. The minimum atomic E-state index is -0.187. The van der Waals surface area contributed by atoms with Crippen molar-refractivity contribution in [3.05, 3.63) is 34.1 Å². The average molecular weight is 304 g/mol. The van der Waals surface area contributed by atoms with Crippen molar-refractivity contribution in [1.29, 1.82) is 0 Å². The Kier molecular flexibility index (Phi) is 6.70. The van der Waals surface area contributed by atoms with Crippen LogP contribution in [0.15, 0.2) is 22.7 Å². The second-order valence-corrected chi connectivity index (χ2v) is 4.95. The molecule has 0 heterocycles. The summed E-state index contributed by atoms with van der Waals surface area (Å²) in [5.74, 6) is -0.187. The molecule has 1 aromatic carbocycles. The van der Waals surface area contributed by atoms with Crippen LogP contribution in [0.3, 0.4) is 0 Å². The molecule has 1 unspecified atom stereocenters. The third kappa shape index (κ3) is 5.61. The molecule has 0 aliphatic carbocycles. The highest BCUT2D eigenvalue weighted by Gasteiger charge is 2.08. The van der Waals surface area contributed by atoms with Crippen molar-refractivity contribution in [2.75, 3.05) is 13.2 Å². The van der Waals surface area contributed by atoms with Gasteiger partial charge in [0.15, 0.2) is 0 Å². The van der Waals surface area contributed by atoms with Gasteiger partial charge in [-0.2, -0.15) is 0 Å². The van der Waals surface area contributed by atoms with Crippen LogP contribution in [0, 0.1) is 5.82 Å². The van der Waals surface area contributed by atoms with E-state index in [1.165, 1.54) is 6.07 Å². The number of hydrogen-bond donors (Lipinski definition) is 1. The quantitative estimate of drug-likeness (QED) is 0.785. The molecule has 0 aromatic heterocycles. The summed E-state index contributed by atoms with van der Waals surface area (Å²) in [7, 11) is 0. The van der Waals surface area contributed by atoms with Crippen LogP contribution >= 0.6 is 15.9 Å². The van der Waals surface area contributed by atoms with Gasteiger partial charge in [-0.1, -0.05) is 15.9 Å². The molecule has 0 radical (unpaired) electrons. The fraction of sp³-hybridized carbons (Fsp3) is 0.538. The second kappa shape index (κ2) is 7.80. The first-order chi connectivity index (χ1) is 8.13. The summed E-state index contributed by atoms with van der Waals surface area (Å²) in [6.07, 6.45) is 2.34. The van der Waals surface area contributed by atoms with Crippen LogP contribution in [-0.4, -0.2) is 19.3 Å². The van der Waals surface area contributed by atoms with Crippen LogP contribution in [0.25, 0.3) is 0 Å². The zero-order valence-corrected chi connectivity index (χ0v) is 11.7. The molecule has 0 aliphatic heterocycles. The maximum atomic E-state index is 13.5. The van der Waals surface area contributed by atoms with Crippen molar-refractivity contribution < 1.29 is 9.13 Å². The predicted molar refractivity (Wildman–Crippen MR) is 71.5 cm³/mol. The lowest BCUT2D eigenvalue weighted by Gasteiger charge is -2.12. The van der Waals surface area contributed by atoms with Crippen molar-refractivity contribution in [2.24, 2.45) is 5.73 Å². The topological polar surface area (TPSA) is 35.2 Å². The van der Waals surface area contributed by atoms with Crippen molar-refractivity contribution in [2.45, 2.75) is 32.2 Å². The van der Waals surface area contributed by atoms with E-state index < -0.39 is 0 Å². The molecule has 1 atom stereocenters. The molecule has 0 spiro atoms. The van der Waals surface area contributed by atoms with Crippen LogP contribution in [-0.2, 0) is 11.2 Å². The van der Waals surface area contributed by atoms with Gasteiger partial charge in [-0.15, -0.1) is 0 Å². The summed E-state index contributed by atoms with van der Waals surface area (Å²) >= 11 is 3.33. The molecule has 1 aromatic rings. The summed E-state index contributed by atoms with van der Waals surface area (Å²) < 4.78 is 19.6. The Morgan fingerprint density at radius 1 is 1.47 bits per heavy atom. The lowest BCUT2D eigenvalue weighted by atomic mass is 10.0. The third-order valence-corrected chi connectivity index (χ3v) is 3.05. The van der Waals surface area contributed by atoms with E-state index in [9.17, 15) is 4.39 Å². The number of halogens is 2. The van der Waals surface area contributed by atoms with E-state index in [1.54, 1.807) is 12.1 Å². The zero-order valence-electron chi connectivity index (χ0n) is 10.1. The van der Waals surface area contributed by atoms with Gasteiger partial charge in [0.25, 0.3) is 0 Å². The average Bonchev–Trinajstić information content (AvgIpc) is 2.29. The van der Waals surface area contributed by atoms with Gasteiger partial charge >= 0.3 is 0 Å². The minimum absolute atomic E-state index is 0.0146. The van der Waals surface area contributed by atoms with E-state index in [4.69, 9.17) is 10.5 Å². The Hall–Kier alpha value is -0.450. The number of nitrogens with two attached hydrogens (primary N) is 1. The molecule has 0 amide bonds. The highest BCUT2D eigenvalue weighted by molar-refractivity contribution is 9.10. The Morgan fingerprint density at radius 2 is 2.24 bits per heavy atom. The molecular weight excluding hydrogens is 285 g/mol. The van der Waals surface area contributed by atoms with Gasteiger partial charge in [0.1, 0.15) is 5.82 Å². The fourth-order valence-corrected chi connectivity index (χ4v) is 2.08.